The number of hydrogen-bond donors (Lipinski definition) is 3. The monoisotopic (exact) mass is 290 g/mol. The van der Waals surface area contributed by atoms with Gasteiger partial charge in [-0.05, 0) is 6.92 Å². The van der Waals surface area contributed by atoms with Gasteiger partial charge in [-0.2, -0.15) is 4.98 Å². The Hall–Kier alpha value is -3.17. The number of nitrogens with zero attached hydrogens (tertiary/aromatic N) is 3. The van der Waals surface area contributed by atoms with E-state index in [1.807, 2.05) is 0 Å². The Morgan fingerprint density at radius 2 is 2.29 bits per heavy atom. The third-order valence-electron chi connectivity index (χ3n) is 2.78. The average molecular weight is 290 g/mol. The van der Waals surface area contributed by atoms with E-state index in [9.17, 15) is 9.59 Å². The van der Waals surface area contributed by atoms with Crippen molar-refractivity contribution in [3.05, 3.63) is 28.0 Å². The lowest BCUT2D eigenvalue weighted by Crippen LogP contribution is -2.17. The standard InChI is InChI=1S/C11H10N6O4/c1-4-5(6-7(18)12-3-13-9(6)21-4)8(19)14-10-15-11(20-2)17-16-10/h3H,1-2H3,(H,12,13,18)(H2,14,15,16,17,19). The van der Waals surface area contributed by atoms with Crippen molar-refractivity contribution < 1.29 is 13.9 Å². The van der Waals surface area contributed by atoms with Crippen LogP contribution in [0.25, 0.3) is 11.1 Å². The minimum absolute atomic E-state index is 0.0820. The first kappa shape index (κ1) is 12.8. The number of aryl methyl sites for hydroxylation is 1. The minimum Gasteiger partial charge on any atom is -0.466 e. The first-order valence-corrected chi connectivity index (χ1v) is 5.84. The van der Waals surface area contributed by atoms with Crippen molar-refractivity contribution in [1.29, 1.82) is 0 Å². The molecule has 3 aromatic heterocycles. The van der Waals surface area contributed by atoms with Gasteiger partial charge in [0.15, 0.2) is 0 Å². The normalized spacial score (nSPS) is 10.8. The maximum Gasteiger partial charge on any atom is 0.336 e. The summed E-state index contributed by atoms with van der Waals surface area (Å²) >= 11 is 0. The molecule has 10 heteroatoms. The molecule has 0 spiro atoms. The second kappa shape index (κ2) is 4.74. The van der Waals surface area contributed by atoms with Crippen LogP contribution in [0.3, 0.4) is 0 Å². The van der Waals surface area contributed by atoms with E-state index >= 15 is 0 Å². The molecule has 3 aromatic rings. The Bertz CT molecular complexity index is 876. The van der Waals surface area contributed by atoms with E-state index in [0.717, 1.165) is 0 Å². The molecule has 3 heterocycles. The first-order valence-electron chi connectivity index (χ1n) is 5.84. The first-order chi connectivity index (χ1) is 10.1. The molecule has 0 aliphatic carbocycles. The second-order valence-corrected chi connectivity index (χ2v) is 4.07. The molecule has 3 N–H and O–H groups in total. The number of hydrogen-bond acceptors (Lipinski definition) is 7. The van der Waals surface area contributed by atoms with E-state index in [1.165, 1.54) is 13.4 Å². The van der Waals surface area contributed by atoms with Crippen molar-refractivity contribution in [2.75, 3.05) is 12.4 Å². The van der Waals surface area contributed by atoms with Gasteiger partial charge in [-0.25, -0.2) is 10.1 Å². The zero-order chi connectivity index (χ0) is 15.0. The topological polar surface area (TPSA) is 139 Å². The number of amides is 1. The highest BCUT2D eigenvalue weighted by atomic mass is 16.5. The molecule has 3 rings (SSSR count). The Balaban J connectivity index is 2.01. The highest BCUT2D eigenvalue weighted by Crippen LogP contribution is 2.21. The van der Waals surface area contributed by atoms with Crippen LogP contribution in [0.15, 0.2) is 15.5 Å². The number of rotatable bonds is 3. The summed E-state index contributed by atoms with van der Waals surface area (Å²) in [5.41, 5.74) is -0.275. The summed E-state index contributed by atoms with van der Waals surface area (Å²) in [5.74, 6) is -0.201. The summed E-state index contributed by atoms with van der Waals surface area (Å²) in [6.07, 6.45) is 1.20. The maximum absolute atomic E-state index is 12.3. The Morgan fingerprint density at radius 3 is 3.00 bits per heavy atom. The molecular weight excluding hydrogens is 280 g/mol. The number of fused-ring (bicyclic) bond motifs is 1. The zero-order valence-electron chi connectivity index (χ0n) is 11.1. The van der Waals surface area contributed by atoms with Crippen LogP contribution in [0.2, 0.25) is 0 Å². The lowest BCUT2D eigenvalue weighted by atomic mass is 10.2. The van der Waals surface area contributed by atoms with E-state index in [2.05, 4.69) is 30.5 Å². The van der Waals surface area contributed by atoms with Crippen LogP contribution >= 0.6 is 0 Å². The number of H-pyrrole nitrogens is 2. The number of aromatic nitrogens is 5. The zero-order valence-corrected chi connectivity index (χ0v) is 11.1. The Labute approximate surface area is 116 Å². The quantitative estimate of drug-likeness (QED) is 0.626. The fourth-order valence-electron chi connectivity index (χ4n) is 1.89. The maximum atomic E-state index is 12.3. The molecule has 0 aliphatic rings. The van der Waals surface area contributed by atoms with Gasteiger partial charge >= 0.3 is 6.01 Å². The van der Waals surface area contributed by atoms with Crippen LogP contribution in [-0.2, 0) is 0 Å². The van der Waals surface area contributed by atoms with Crippen molar-refractivity contribution in [2.45, 2.75) is 6.92 Å². The van der Waals surface area contributed by atoms with Gasteiger partial charge in [-0.15, -0.1) is 5.10 Å². The predicted molar refractivity (Wildman–Crippen MR) is 70.3 cm³/mol. The van der Waals surface area contributed by atoms with Gasteiger partial charge in [0.25, 0.3) is 11.5 Å². The number of furan rings is 1. The van der Waals surface area contributed by atoms with Gasteiger partial charge < -0.3 is 14.1 Å². The van der Waals surface area contributed by atoms with E-state index in [0.29, 0.717) is 0 Å². The summed E-state index contributed by atoms with van der Waals surface area (Å²) in [5, 5.41) is 8.73. The summed E-state index contributed by atoms with van der Waals surface area (Å²) in [6, 6.07) is 0.0820. The highest BCUT2D eigenvalue weighted by Gasteiger charge is 2.22. The number of anilines is 1. The number of carbonyl (C=O) groups is 1. The van der Waals surface area contributed by atoms with Crippen LogP contribution in [0, 0.1) is 6.92 Å². The van der Waals surface area contributed by atoms with Crippen LogP contribution in [-0.4, -0.2) is 38.2 Å². The molecule has 0 saturated heterocycles. The van der Waals surface area contributed by atoms with Crippen LogP contribution in [0.1, 0.15) is 16.1 Å². The molecule has 1 amide bonds. The predicted octanol–water partition coefficient (Wildman–Crippen LogP) is 0.204. The van der Waals surface area contributed by atoms with Crippen molar-refractivity contribution in [3.63, 3.8) is 0 Å². The number of carbonyl (C=O) groups excluding carboxylic acids is 1. The number of aromatic amines is 2. The molecule has 0 bridgehead atoms. The van der Waals surface area contributed by atoms with E-state index in [1.54, 1.807) is 6.92 Å². The smallest absolute Gasteiger partial charge is 0.336 e. The van der Waals surface area contributed by atoms with Gasteiger partial charge in [-0.1, -0.05) is 0 Å². The molecular formula is C11H10N6O4. The van der Waals surface area contributed by atoms with Gasteiger partial charge in [0.05, 0.1) is 19.0 Å². The lowest BCUT2D eigenvalue weighted by molar-refractivity contribution is 0.102. The van der Waals surface area contributed by atoms with Crippen molar-refractivity contribution in [2.24, 2.45) is 0 Å². The fourth-order valence-corrected chi connectivity index (χ4v) is 1.89. The molecule has 0 aliphatic heterocycles. The van der Waals surface area contributed by atoms with Crippen LogP contribution in [0.5, 0.6) is 6.01 Å². The van der Waals surface area contributed by atoms with Gasteiger partial charge in [0, 0.05) is 0 Å². The Morgan fingerprint density at radius 1 is 1.48 bits per heavy atom. The minimum atomic E-state index is -0.566. The molecule has 0 aromatic carbocycles. The summed E-state index contributed by atoms with van der Waals surface area (Å²) in [7, 11) is 1.40. The van der Waals surface area contributed by atoms with E-state index in [4.69, 9.17) is 9.15 Å². The summed E-state index contributed by atoms with van der Waals surface area (Å²) < 4.78 is 10.1. The van der Waals surface area contributed by atoms with Crippen LogP contribution < -0.4 is 15.6 Å². The number of methoxy groups -OCH3 is 1. The van der Waals surface area contributed by atoms with E-state index in [-0.39, 0.29) is 34.4 Å². The Kier molecular flexibility index (Phi) is 2.90. The molecule has 0 atom stereocenters. The molecule has 0 unspecified atom stereocenters. The number of ether oxygens (including phenoxy) is 1. The molecule has 0 fully saturated rings. The highest BCUT2D eigenvalue weighted by molar-refractivity contribution is 6.12. The molecule has 10 nitrogen and oxygen atoms in total. The lowest BCUT2D eigenvalue weighted by Gasteiger charge is -1.99. The van der Waals surface area contributed by atoms with E-state index < -0.39 is 11.5 Å². The third kappa shape index (κ3) is 2.12. The van der Waals surface area contributed by atoms with Crippen molar-refractivity contribution in [3.8, 4) is 6.01 Å². The molecule has 0 radical (unpaired) electrons. The van der Waals surface area contributed by atoms with Crippen molar-refractivity contribution in [1.82, 2.24) is 25.1 Å². The van der Waals surface area contributed by atoms with Crippen molar-refractivity contribution >= 4 is 23.0 Å². The largest absolute Gasteiger partial charge is 0.466 e. The van der Waals surface area contributed by atoms with Gasteiger partial charge in [0.2, 0.25) is 11.7 Å². The summed E-state index contributed by atoms with van der Waals surface area (Å²) in [4.78, 5) is 34.2. The SMILES string of the molecule is COc1n[nH]c(NC(=O)c2c(C)oc3nc[nH]c(=O)c23)n1. The summed E-state index contributed by atoms with van der Waals surface area (Å²) in [6.45, 7) is 1.57. The molecule has 108 valence electrons. The molecule has 21 heavy (non-hydrogen) atoms. The third-order valence-corrected chi connectivity index (χ3v) is 2.78. The fraction of sp³-hybridized carbons (Fsp3) is 0.182. The van der Waals surface area contributed by atoms with Gasteiger partial charge in [-0.3, -0.25) is 14.9 Å². The second-order valence-electron chi connectivity index (χ2n) is 4.07. The number of nitrogens with one attached hydrogen (secondary N) is 3. The molecule has 0 saturated carbocycles. The van der Waals surface area contributed by atoms with Gasteiger partial charge in [0.1, 0.15) is 11.1 Å². The van der Waals surface area contributed by atoms with Crippen LogP contribution in [0.4, 0.5) is 5.95 Å². The average Bonchev–Trinajstić information content (AvgIpc) is 3.02.